The Bertz CT molecular complexity index is 805. The van der Waals surface area contributed by atoms with Crippen LogP contribution in [0.25, 0.3) is 0 Å². The van der Waals surface area contributed by atoms with Crippen LogP contribution in [0.3, 0.4) is 0 Å². The number of nitrogens with one attached hydrogen (secondary N) is 2. The van der Waals surface area contributed by atoms with Crippen LogP contribution in [0.4, 0.5) is 0 Å². The number of benzene rings is 2. The third-order valence-electron chi connectivity index (χ3n) is 4.11. The summed E-state index contributed by atoms with van der Waals surface area (Å²) in [7, 11) is 0. The molecule has 3 N–H and O–H groups in total. The second-order valence-electron chi connectivity index (χ2n) is 6.43. The average Bonchev–Trinajstić information content (AvgIpc) is 2.67. The highest BCUT2D eigenvalue weighted by Gasteiger charge is 2.14. The molecule has 28 heavy (non-hydrogen) atoms. The van der Waals surface area contributed by atoms with Crippen LogP contribution in [0.5, 0.6) is 17.2 Å². The first-order valence-electron chi connectivity index (χ1n) is 9.05. The molecule has 7 heteroatoms. The highest BCUT2D eigenvalue weighted by Crippen LogP contribution is 2.17. The van der Waals surface area contributed by atoms with Gasteiger partial charge in [-0.1, -0.05) is 6.07 Å². The summed E-state index contributed by atoms with van der Waals surface area (Å²) in [6, 6.07) is 11.8. The molecule has 0 aromatic heterocycles. The van der Waals surface area contributed by atoms with Gasteiger partial charge in [-0.15, -0.1) is 0 Å². The number of phenols is 1. The third-order valence-corrected chi connectivity index (χ3v) is 4.11. The fraction of sp³-hybridized carbons (Fsp3) is 0.333. The summed E-state index contributed by atoms with van der Waals surface area (Å²) in [6.07, 6.45) is -0.701. The Morgan fingerprint density at radius 1 is 0.964 bits per heavy atom. The van der Waals surface area contributed by atoms with Gasteiger partial charge in [0.05, 0.1) is 0 Å². The van der Waals surface area contributed by atoms with E-state index < -0.39 is 6.10 Å². The van der Waals surface area contributed by atoms with E-state index in [-0.39, 0.29) is 37.3 Å². The maximum absolute atomic E-state index is 12.0. The van der Waals surface area contributed by atoms with Crippen LogP contribution in [0.1, 0.15) is 18.1 Å². The number of hydrogen-bond acceptors (Lipinski definition) is 5. The number of hydrogen-bond donors (Lipinski definition) is 3. The molecule has 0 saturated carbocycles. The SMILES string of the molecule is Cc1ccc(OCC(=O)NCCNC(=O)C(C)Oc2ccc(O)cc2)cc1C. The van der Waals surface area contributed by atoms with Crippen molar-refractivity contribution < 1.29 is 24.2 Å². The third kappa shape index (κ3) is 6.83. The van der Waals surface area contributed by atoms with Crippen molar-refractivity contribution in [1.29, 1.82) is 0 Å². The van der Waals surface area contributed by atoms with Crippen LogP contribution in [0.15, 0.2) is 42.5 Å². The normalized spacial score (nSPS) is 11.4. The molecule has 0 aliphatic rings. The van der Waals surface area contributed by atoms with E-state index in [1.54, 1.807) is 19.1 Å². The van der Waals surface area contributed by atoms with Crippen molar-refractivity contribution in [2.75, 3.05) is 19.7 Å². The van der Waals surface area contributed by atoms with Crippen molar-refractivity contribution >= 4 is 11.8 Å². The van der Waals surface area contributed by atoms with Gasteiger partial charge in [-0.2, -0.15) is 0 Å². The van der Waals surface area contributed by atoms with Gasteiger partial charge in [-0.05, 0) is 68.3 Å². The van der Waals surface area contributed by atoms with Gasteiger partial charge in [-0.25, -0.2) is 0 Å². The Morgan fingerprint density at radius 2 is 1.61 bits per heavy atom. The molecular weight excluding hydrogens is 360 g/mol. The first-order chi connectivity index (χ1) is 13.3. The van der Waals surface area contributed by atoms with Crippen molar-refractivity contribution in [2.24, 2.45) is 0 Å². The van der Waals surface area contributed by atoms with Crippen molar-refractivity contribution in [3.05, 3.63) is 53.6 Å². The Labute approximate surface area is 164 Å². The number of carbonyl (C=O) groups excluding carboxylic acids is 2. The summed E-state index contributed by atoms with van der Waals surface area (Å²) in [5, 5.41) is 14.6. The van der Waals surface area contributed by atoms with E-state index in [0.717, 1.165) is 11.1 Å². The zero-order valence-electron chi connectivity index (χ0n) is 16.3. The van der Waals surface area contributed by atoms with Crippen LogP contribution in [-0.2, 0) is 9.59 Å². The number of rotatable bonds is 9. The van der Waals surface area contributed by atoms with E-state index in [0.29, 0.717) is 11.5 Å². The lowest BCUT2D eigenvalue weighted by Gasteiger charge is -2.15. The van der Waals surface area contributed by atoms with E-state index in [1.807, 2.05) is 32.0 Å². The summed E-state index contributed by atoms with van der Waals surface area (Å²) < 4.78 is 10.9. The van der Waals surface area contributed by atoms with Gasteiger partial charge < -0.3 is 25.2 Å². The van der Waals surface area contributed by atoms with E-state index in [4.69, 9.17) is 9.47 Å². The molecule has 0 aliphatic carbocycles. The van der Waals surface area contributed by atoms with Crippen molar-refractivity contribution in [3.63, 3.8) is 0 Å². The Balaban J connectivity index is 1.62. The van der Waals surface area contributed by atoms with E-state index in [9.17, 15) is 14.7 Å². The fourth-order valence-electron chi connectivity index (χ4n) is 2.32. The first-order valence-corrected chi connectivity index (χ1v) is 9.05. The predicted molar refractivity (Wildman–Crippen MR) is 106 cm³/mol. The van der Waals surface area contributed by atoms with E-state index >= 15 is 0 Å². The largest absolute Gasteiger partial charge is 0.508 e. The molecule has 2 aromatic carbocycles. The highest BCUT2D eigenvalue weighted by atomic mass is 16.5. The number of phenolic OH excluding ortho intramolecular Hbond substituents is 1. The Kier molecular flexibility index (Phi) is 7.68. The lowest BCUT2D eigenvalue weighted by molar-refractivity contribution is -0.127. The lowest BCUT2D eigenvalue weighted by Crippen LogP contribution is -2.41. The van der Waals surface area contributed by atoms with Gasteiger partial charge >= 0.3 is 0 Å². The molecule has 2 rings (SSSR count). The molecule has 150 valence electrons. The lowest BCUT2D eigenvalue weighted by atomic mass is 10.1. The van der Waals surface area contributed by atoms with Gasteiger partial charge in [0.25, 0.3) is 11.8 Å². The molecule has 0 saturated heterocycles. The van der Waals surface area contributed by atoms with Crippen LogP contribution >= 0.6 is 0 Å². The Morgan fingerprint density at radius 3 is 2.29 bits per heavy atom. The van der Waals surface area contributed by atoms with E-state index in [1.165, 1.54) is 12.1 Å². The molecule has 2 amide bonds. The van der Waals surface area contributed by atoms with Gasteiger partial charge in [0.1, 0.15) is 17.2 Å². The number of carbonyl (C=O) groups is 2. The average molecular weight is 386 g/mol. The van der Waals surface area contributed by atoms with Crippen LogP contribution < -0.4 is 20.1 Å². The summed E-state index contributed by atoms with van der Waals surface area (Å²) in [5.41, 5.74) is 2.26. The van der Waals surface area contributed by atoms with Crippen LogP contribution in [0.2, 0.25) is 0 Å². The maximum atomic E-state index is 12.0. The monoisotopic (exact) mass is 386 g/mol. The molecule has 2 aromatic rings. The smallest absolute Gasteiger partial charge is 0.260 e. The molecule has 0 bridgehead atoms. The Hall–Kier alpha value is -3.22. The predicted octanol–water partition coefficient (Wildman–Crippen LogP) is 2.09. The highest BCUT2D eigenvalue weighted by molar-refractivity contribution is 5.81. The van der Waals surface area contributed by atoms with Crippen LogP contribution in [-0.4, -0.2) is 42.7 Å². The van der Waals surface area contributed by atoms with E-state index in [2.05, 4.69) is 10.6 Å². The van der Waals surface area contributed by atoms with Crippen molar-refractivity contribution in [2.45, 2.75) is 26.9 Å². The molecule has 0 spiro atoms. The minimum atomic E-state index is -0.701. The zero-order valence-corrected chi connectivity index (χ0v) is 16.3. The number of aryl methyl sites for hydroxylation is 2. The van der Waals surface area contributed by atoms with Crippen molar-refractivity contribution in [1.82, 2.24) is 10.6 Å². The van der Waals surface area contributed by atoms with Gasteiger partial charge in [-0.3, -0.25) is 9.59 Å². The molecule has 1 unspecified atom stereocenters. The molecular formula is C21H26N2O5. The molecule has 0 fully saturated rings. The number of amides is 2. The van der Waals surface area contributed by atoms with Gasteiger partial charge in [0, 0.05) is 13.1 Å². The molecule has 1 atom stereocenters. The summed E-state index contributed by atoms with van der Waals surface area (Å²) >= 11 is 0. The fourth-order valence-corrected chi connectivity index (χ4v) is 2.32. The second-order valence-corrected chi connectivity index (χ2v) is 6.43. The molecule has 0 heterocycles. The van der Waals surface area contributed by atoms with Gasteiger partial charge in [0.2, 0.25) is 0 Å². The molecule has 0 radical (unpaired) electrons. The van der Waals surface area contributed by atoms with Gasteiger partial charge in [0.15, 0.2) is 12.7 Å². The number of ether oxygens (including phenoxy) is 2. The molecule has 0 aliphatic heterocycles. The van der Waals surface area contributed by atoms with Crippen LogP contribution in [0, 0.1) is 13.8 Å². The zero-order chi connectivity index (χ0) is 20.5. The minimum Gasteiger partial charge on any atom is -0.508 e. The first kappa shape index (κ1) is 21.1. The molecule has 7 nitrogen and oxygen atoms in total. The van der Waals surface area contributed by atoms with Crippen molar-refractivity contribution in [3.8, 4) is 17.2 Å². The maximum Gasteiger partial charge on any atom is 0.260 e. The topological polar surface area (TPSA) is 96.9 Å². The summed E-state index contributed by atoms with van der Waals surface area (Å²) in [5.74, 6) is 0.695. The summed E-state index contributed by atoms with van der Waals surface area (Å²) in [4.78, 5) is 23.8. The number of aromatic hydroxyl groups is 1. The standard InChI is InChI=1S/C21H26N2O5/c1-14-4-7-19(12-15(14)2)27-13-20(25)22-10-11-23-21(26)16(3)28-18-8-5-17(24)6-9-18/h4-9,12,16,24H,10-11,13H2,1-3H3,(H,22,25)(H,23,26). The second kappa shape index (κ2) is 10.2. The minimum absolute atomic E-state index is 0.0865. The summed E-state index contributed by atoms with van der Waals surface area (Å²) in [6.45, 7) is 6.09. The quantitative estimate of drug-likeness (QED) is 0.574.